The number of carbonyl (C=O) groups excluding carboxylic acids is 1. The Hall–Kier alpha value is -1.94. The van der Waals surface area contributed by atoms with Crippen LogP contribution >= 0.6 is 0 Å². The summed E-state index contributed by atoms with van der Waals surface area (Å²) in [7, 11) is 0. The second-order valence-electron chi connectivity index (χ2n) is 10.4. The van der Waals surface area contributed by atoms with Crippen LogP contribution in [0.4, 0.5) is 0 Å². The molecule has 168 valence electrons. The fraction of sp³-hybridized carbons (Fsp3) is 0.630. The summed E-state index contributed by atoms with van der Waals surface area (Å²) in [5.41, 5.74) is 2.50. The van der Waals surface area contributed by atoms with Gasteiger partial charge in [0.2, 0.25) is 0 Å². The van der Waals surface area contributed by atoms with Gasteiger partial charge >= 0.3 is 5.97 Å². The third-order valence-corrected chi connectivity index (χ3v) is 8.92. The predicted octanol–water partition coefficient (Wildman–Crippen LogP) is 5.36. The molecule has 7 atom stereocenters. The highest BCUT2D eigenvalue weighted by Crippen LogP contribution is 2.61. The summed E-state index contributed by atoms with van der Waals surface area (Å²) < 4.78 is 0. The smallest absolute Gasteiger partial charge is 0.310 e. The van der Waals surface area contributed by atoms with Gasteiger partial charge < -0.3 is 10.2 Å². The maximum atomic E-state index is 11.6. The SMILES string of the molecule is CC(C(=O)O)c1ccccc1.C[C@]12CC[C@H]3[C@@H](CCC4=CC(=O)CC[C@@H]43)[C@@H]1CC[C@@H]2O. The Bertz CT molecular complexity index is 844. The number of carboxylic acid groups (broad SMARTS) is 1. The van der Waals surface area contributed by atoms with Gasteiger partial charge in [-0.1, -0.05) is 42.8 Å². The number of aliphatic hydroxyl groups excluding tert-OH is 1. The van der Waals surface area contributed by atoms with Gasteiger partial charge in [0.05, 0.1) is 12.0 Å². The van der Waals surface area contributed by atoms with Crippen LogP contribution in [0.1, 0.15) is 76.7 Å². The number of aliphatic carboxylic acids is 1. The number of benzene rings is 1. The van der Waals surface area contributed by atoms with Crippen molar-refractivity contribution in [2.45, 2.75) is 77.2 Å². The lowest BCUT2D eigenvalue weighted by molar-refractivity contribution is -0.138. The standard InChI is InChI=1S/C18H26O2.C9H10O2/c1-18-9-8-14-13-5-3-12(19)10-11(13)2-4-15(14)16(18)6-7-17(18)20;1-7(9(10)11)8-5-3-2-4-6-8/h10,13-17,20H,2-9H2,1H3;2-7H,1H3,(H,10,11)/t13-,14+,15+,16-,17-,18-;/m0./s1. The van der Waals surface area contributed by atoms with Crippen LogP contribution in [0.3, 0.4) is 0 Å². The van der Waals surface area contributed by atoms with Crippen LogP contribution in [0.5, 0.6) is 0 Å². The number of aliphatic hydroxyl groups is 1. The van der Waals surface area contributed by atoms with Gasteiger partial charge in [0.15, 0.2) is 5.78 Å². The van der Waals surface area contributed by atoms with E-state index in [4.69, 9.17) is 5.11 Å². The molecule has 0 amide bonds. The van der Waals surface area contributed by atoms with Gasteiger partial charge in [-0.2, -0.15) is 0 Å². The molecule has 3 saturated carbocycles. The number of ketones is 1. The normalized spacial score (nSPS) is 37.3. The van der Waals surface area contributed by atoms with Crippen LogP contribution < -0.4 is 0 Å². The third-order valence-electron chi connectivity index (χ3n) is 8.92. The lowest BCUT2D eigenvalue weighted by atomic mass is 9.52. The van der Waals surface area contributed by atoms with Crippen LogP contribution in [-0.2, 0) is 9.59 Å². The Kier molecular flexibility index (Phi) is 6.39. The van der Waals surface area contributed by atoms with Crippen molar-refractivity contribution in [3.05, 3.63) is 47.5 Å². The first-order chi connectivity index (χ1) is 14.8. The largest absolute Gasteiger partial charge is 0.481 e. The van der Waals surface area contributed by atoms with Crippen LogP contribution in [0.2, 0.25) is 0 Å². The molecule has 3 fully saturated rings. The molecule has 0 radical (unpaired) electrons. The van der Waals surface area contributed by atoms with Gasteiger partial charge in [-0.15, -0.1) is 0 Å². The van der Waals surface area contributed by atoms with E-state index < -0.39 is 11.9 Å². The number of allylic oxidation sites excluding steroid dienone is 1. The van der Waals surface area contributed by atoms with E-state index >= 15 is 0 Å². The Balaban J connectivity index is 0.000000180. The minimum Gasteiger partial charge on any atom is -0.481 e. The molecule has 4 nitrogen and oxygen atoms in total. The number of carbonyl (C=O) groups is 2. The Morgan fingerprint density at radius 2 is 1.77 bits per heavy atom. The average molecular weight is 425 g/mol. The van der Waals surface area contributed by atoms with Gasteiger partial charge in [0.25, 0.3) is 0 Å². The Morgan fingerprint density at radius 1 is 1.03 bits per heavy atom. The zero-order chi connectivity index (χ0) is 22.2. The van der Waals surface area contributed by atoms with Gasteiger partial charge in [-0.25, -0.2) is 0 Å². The molecule has 0 heterocycles. The van der Waals surface area contributed by atoms with Gasteiger partial charge in [-0.05, 0) is 92.6 Å². The fourth-order valence-corrected chi connectivity index (χ4v) is 7.04. The zero-order valence-electron chi connectivity index (χ0n) is 18.8. The lowest BCUT2D eigenvalue weighted by Gasteiger charge is -2.53. The summed E-state index contributed by atoms with van der Waals surface area (Å²) >= 11 is 0. The van der Waals surface area contributed by atoms with Crippen molar-refractivity contribution in [1.82, 2.24) is 0 Å². The van der Waals surface area contributed by atoms with Crippen LogP contribution in [0.25, 0.3) is 0 Å². The number of hydrogen-bond acceptors (Lipinski definition) is 3. The molecule has 0 aromatic heterocycles. The molecule has 5 rings (SSSR count). The molecule has 0 spiro atoms. The molecule has 4 aliphatic rings. The summed E-state index contributed by atoms with van der Waals surface area (Å²) in [6.07, 6.45) is 10.9. The van der Waals surface area contributed by atoms with E-state index in [9.17, 15) is 14.7 Å². The molecule has 0 bridgehead atoms. The predicted molar refractivity (Wildman–Crippen MR) is 121 cm³/mol. The summed E-state index contributed by atoms with van der Waals surface area (Å²) in [4.78, 5) is 22.1. The highest BCUT2D eigenvalue weighted by molar-refractivity contribution is 5.91. The molecule has 0 saturated heterocycles. The fourth-order valence-electron chi connectivity index (χ4n) is 7.04. The second-order valence-corrected chi connectivity index (χ2v) is 10.4. The number of rotatable bonds is 2. The Morgan fingerprint density at radius 3 is 2.48 bits per heavy atom. The number of carboxylic acids is 1. The highest BCUT2D eigenvalue weighted by Gasteiger charge is 2.55. The Labute approximate surface area is 185 Å². The monoisotopic (exact) mass is 424 g/mol. The zero-order valence-corrected chi connectivity index (χ0v) is 18.8. The molecule has 1 unspecified atom stereocenters. The van der Waals surface area contributed by atoms with Crippen LogP contribution in [0, 0.1) is 29.1 Å². The summed E-state index contributed by atoms with van der Waals surface area (Å²) in [5.74, 6) is 2.19. The second kappa shape index (κ2) is 8.90. The average Bonchev–Trinajstić information content (AvgIpc) is 3.08. The van der Waals surface area contributed by atoms with E-state index in [1.165, 1.54) is 31.3 Å². The van der Waals surface area contributed by atoms with Crippen LogP contribution in [0.15, 0.2) is 42.0 Å². The quantitative estimate of drug-likeness (QED) is 0.670. The van der Waals surface area contributed by atoms with Crippen LogP contribution in [-0.4, -0.2) is 28.1 Å². The highest BCUT2D eigenvalue weighted by atomic mass is 16.4. The molecule has 0 aliphatic heterocycles. The van der Waals surface area contributed by atoms with Crippen molar-refractivity contribution in [2.75, 3.05) is 0 Å². The maximum absolute atomic E-state index is 11.6. The lowest BCUT2D eigenvalue weighted by Crippen LogP contribution is -2.47. The first-order valence-electron chi connectivity index (χ1n) is 12.0. The summed E-state index contributed by atoms with van der Waals surface area (Å²) in [6.45, 7) is 4.01. The molecule has 2 N–H and O–H groups in total. The van der Waals surface area contributed by atoms with E-state index in [0.29, 0.717) is 11.7 Å². The van der Waals surface area contributed by atoms with Crippen molar-refractivity contribution < 1.29 is 19.8 Å². The third kappa shape index (κ3) is 4.24. The molecular weight excluding hydrogens is 388 g/mol. The van der Waals surface area contributed by atoms with Gasteiger partial charge in [0, 0.05) is 6.42 Å². The van der Waals surface area contributed by atoms with Crippen molar-refractivity contribution in [1.29, 1.82) is 0 Å². The van der Waals surface area contributed by atoms with Crippen molar-refractivity contribution >= 4 is 11.8 Å². The first kappa shape index (κ1) is 22.3. The minimum atomic E-state index is -0.781. The topological polar surface area (TPSA) is 74.6 Å². The molecule has 4 heteroatoms. The van der Waals surface area contributed by atoms with E-state index in [2.05, 4.69) is 6.92 Å². The number of fused-ring (bicyclic) bond motifs is 5. The minimum absolute atomic E-state index is 0.0710. The van der Waals surface area contributed by atoms with Crippen molar-refractivity contribution in [2.24, 2.45) is 29.1 Å². The molecule has 1 aromatic carbocycles. The van der Waals surface area contributed by atoms with E-state index in [1.807, 2.05) is 36.4 Å². The summed E-state index contributed by atoms with van der Waals surface area (Å²) in [5, 5.41) is 19.0. The van der Waals surface area contributed by atoms with Crippen molar-refractivity contribution in [3.63, 3.8) is 0 Å². The van der Waals surface area contributed by atoms with E-state index in [-0.39, 0.29) is 11.5 Å². The van der Waals surface area contributed by atoms with Gasteiger partial charge in [0.1, 0.15) is 0 Å². The van der Waals surface area contributed by atoms with Crippen molar-refractivity contribution in [3.8, 4) is 0 Å². The van der Waals surface area contributed by atoms with E-state index in [0.717, 1.165) is 49.0 Å². The summed E-state index contributed by atoms with van der Waals surface area (Å²) in [6, 6.07) is 9.19. The molecule has 4 aliphatic carbocycles. The van der Waals surface area contributed by atoms with E-state index in [1.54, 1.807) is 6.92 Å². The number of hydrogen-bond donors (Lipinski definition) is 2. The first-order valence-corrected chi connectivity index (χ1v) is 12.0. The molecule has 1 aromatic rings. The molecule has 31 heavy (non-hydrogen) atoms. The van der Waals surface area contributed by atoms with Gasteiger partial charge in [-0.3, -0.25) is 9.59 Å². The molecular formula is C27H36O4. The maximum Gasteiger partial charge on any atom is 0.310 e.